The summed E-state index contributed by atoms with van der Waals surface area (Å²) in [5, 5.41) is 11.6. The molecule has 0 aliphatic rings. The number of carbonyl (C=O) groups excluding carboxylic acids is 1. The number of carboxylic acids is 1. The van der Waals surface area contributed by atoms with Gasteiger partial charge in [-0.25, -0.2) is 9.78 Å². The number of aromatic nitrogens is 2. The van der Waals surface area contributed by atoms with Gasteiger partial charge in [-0.2, -0.15) is 11.8 Å². The van der Waals surface area contributed by atoms with Crippen LogP contribution in [0.25, 0.3) is 11.0 Å². The molecule has 1 unspecified atom stereocenters. The van der Waals surface area contributed by atoms with Crippen molar-refractivity contribution >= 4 is 34.7 Å². The largest absolute Gasteiger partial charge is 0.480 e. The van der Waals surface area contributed by atoms with Crippen molar-refractivity contribution in [2.24, 2.45) is 0 Å². The lowest BCUT2D eigenvalue weighted by molar-refractivity contribution is -0.139. The second kappa shape index (κ2) is 6.42. The molecule has 0 fully saturated rings. The summed E-state index contributed by atoms with van der Waals surface area (Å²) in [6, 6.07) is 4.14. The fourth-order valence-corrected chi connectivity index (χ4v) is 2.28. The van der Waals surface area contributed by atoms with Gasteiger partial charge in [-0.3, -0.25) is 4.79 Å². The van der Waals surface area contributed by atoms with E-state index < -0.39 is 17.9 Å². The lowest BCUT2D eigenvalue weighted by Crippen LogP contribution is -2.41. The van der Waals surface area contributed by atoms with E-state index in [1.807, 2.05) is 6.26 Å². The number of benzene rings is 1. The number of H-pyrrole nitrogens is 1. The number of carbonyl (C=O) groups is 2. The highest BCUT2D eigenvalue weighted by atomic mass is 32.2. The zero-order valence-corrected chi connectivity index (χ0v) is 11.7. The molecule has 3 N–H and O–H groups in total. The molecule has 2 aromatic rings. The summed E-state index contributed by atoms with van der Waals surface area (Å²) in [5.74, 6) is -0.735. The number of fused-ring (bicyclic) bond motifs is 1. The van der Waals surface area contributed by atoms with Crippen molar-refractivity contribution in [3.05, 3.63) is 30.1 Å². The van der Waals surface area contributed by atoms with E-state index >= 15 is 0 Å². The van der Waals surface area contributed by atoms with Gasteiger partial charge in [-0.15, -0.1) is 0 Å². The van der Waals surface area contributed by atoms with Crippen molar-refractivity contribution in [3.8, 4) is 0 Å². The van der Waals surface area contributed by atoms with Gasteiger partial charge < -0.3 is 15.4 Å². The van der Waals surface area contributed by atoms with Gasteiger partial charge in [0, 0.05) is 5.56 Å². The average Bonchev–Trinajstić information content (AvgIpc) is 2.90. The van der Waals surface area contributed by atoms with Crippen LogP contribution in [0.4, 0.5) is 0 Å². The first-order valence-electron chi connectivity index (χ1n) is 6.07. The number of thioether (sulfide) groups is 1. The molecule has 0 bridgehead atoms. The molecule has 106 valence electrons. The molecule has 1 heterocycles. The van der Waals surface area contributed by atoms with Crippen molar-refractivity contribution in [2.75, 3.05) is 12.0 Å². The summed E-state index contributed by atoms with van der Waals surface area (Å²) in [4.78, 5) is 30.2. The molecule has 0 saturated carbocycles. The number of nitrogens with zero attached hydrogens (tertiary/aromatic N) is 1. The molecular formula is C13H15N3O3S. The zero-order chi connectivity index (χ0) is 14.5. The highest BCUT2D eigenvalue weighted by Gasteiger charge is 2.20. The standard InChI is InChI=1S/C13H15N3O3S/c1-20-5-4-10(13(18)19)16-12(17)8-2-3-9-11(6-8)15-7-14-9/h2-3,6-7,10H,4-5H2,1H3,(H,14,15)(H,16,17)(H,18,19). The number of hydrogen-bond acceptors (Lipinski definition) is 4. The van der Waals surface area contributed by atoms with Crippen molar-refractivity contribution < 1.29 is 14.7 Å². The highest BCUT2D eigenvalue weighted by Crippen LogP contribution is 2.12. The van der Waals surface area contributed by atoms with Crippen LogP contribution in [-0.4, -0.2) is 45.0 Å². The second-order valence-corrected chi connectivity index (χ2v) is 5.27. The third-order valence-electron chi connectivity index (χ3n) is 2.90. The lowest BCUT2D eigenvalue weighted by atomic mass is 10.1. The van der Waals surface area contributed by atoms with Crippen LogP contribution < -0.4 is 5.32 Å². The van der Waals surface area contributed by atoms with Gasteiger partial charge in [0.1, 0.15) is 6.04 Å². The SMILES string of the molecule is CSCCC(NC(=O)c1ccc2nc[nH]c2c1)C(=O)O. The molecule has 6 nitrogen and oxygen atoms in total. The summed E-state index contributed by atoms with van der Waals surface area (Å²) < 4.78 is 0. The van der Waals surface area contributed by atoms with Gasteiger partial charge in [0.25, 0.3) is 5.91 Å². The van der Waals surface area contributed by atoms with E-state index in [1.165, 1.54) is 0 Å². The molecule has 0 spiro atoms. The van der Waals surface area contributed by atoms with E-state index in [-0.39, 0.29) is 0 Å². The van der Waals surface area contributed by atoms with Gasteiger partial charge in [0.2, 0.25) is 0 Å². The van der Waals surface area contributed by atoms with E-state index in [0.29, 0.717) is 17.7 Å². The summed E-state index contributed by atoms with van der Waals surface area (Å²) >= 11 is 1.55. The predicted molar refractivity (Wildman–Crippen MR) is 78.0 cm³/mol. The Labute approximate surface area is 120 Å². The molecule has 2 rings (SSSR count). The minimum absolute atomic E-state index is 0.394. The average molecular weight is 293 g/mol. The van der Waals surface area contributed by atoms with Gasteiger partial charge >= 0.3 is 5.97 Å². The van der Waals surface area contributed by atoms with Crippen molar-refractivity contribution in [2.45, 2.75) is 12.5 Å². The van der Waals surface area contributed by atoms with Crippen molar-refractivity contribution in [3.63, 3.8) is 0 Å². The molecule has 0 aliphatic carbocycles. The first-order valence-corrected chi connectivity index (χ1v) is 7.47. The number of imidazole rings is 1. The van der Waals surface area contributed by atoms with Gasteiger partial charge in [0.15, 0.2) is 0 Å². The number of aliphatic carboxylic acids is 1. The van der Waals surface area contributed by atoms with Crippen LogP contribution in [0, 0.1) is 0 Å². The second-order valence-electron chi connectivity index (χ2n) is 4.28. The Hall–Kier alpha value is -2.02. The number of nitrogens with one attached hydrogen (secondary N) is 2. The maximum atomic E-state index is 12.1. The van der Waals surface area contributed by atoms with Crippen LogP contribution in [0.15, 0.2) is 24.5 Å². The van der Waals surface area contributed by atoms with Crippen LogP contribution in [0.2, 0.25) is 0 Å². The summed E-state index contributed by atoms with van der Waals surface area (Å²) in [5.41, 5.74) is 1.92. The van der Waals surface area contributed by atoms with Crippen LogP contribution >= 0.6 is 11.8 Å². The molecule has 1 aromatic heterocycles. The maximum absolute atomic E-state index is 12.1. The van der Waals surface area contributed by atoms with Crippen LogP contribution in [0.5, 0.6) is 0 Å². The summed E-state index contributed by atoms with van der Waals surface area (Å²) in [6.07, 6.45) is 3.84. The lowest BCUT2D eigenvalue weighted by Gasteiger charge is -2.13. The molecule has 1 aromatic carbocycles. The fraction of sp³-hybridized carbons (Fsp3) is 0.308. The minimum atomic E-state index is -1.02. The Morgan fingerprint density at radius 1 is 1.50 bits per heavy atom. The van der Waals surface area contributed by atoms with Crippen LogP contribution in [0.3, 0.4) is 0 Å². The molecular weight excluding hydrogens is 278 g/mol. The Balaban J connectivity index is 2.10. The first-order chi connectivity index (χ1) is 9.61. The van der Waals surface area contributed by atoms with Crippen LogP contribution in [-0.2, 0) is 4.79 Å². The maximum Gasteiger partial charge on any atom is 0.326 e. The number of carboxylic acid groups (broad SMARTS) is 1. The molecule has 0 saturated heterocycles. The van der Waals surface area contributed by atoms with Gasteiger partial charge in [-0.1, -0.05) is 0 Å². The molecule has 0 radical (unpaired) electrons. The zero-order valence-electron chi connectivity index (χ0n) is 10.9. The van der Waals surface area contributed by atoms with E-state index in [1.54, 1.807) is 36.3 Å². The highest BCUT2D eigenvalue weighted by molar-refractivity contribution is 7.98. The monoisotopic (exact) mass is 293 g/mol. The van der Waals surface area contributed by atoms with E-state index in [0.717, 1.165) is 11.0 Å². The number of aromatic amines is 1. The van der Waals surface area contributed by atoms with E-state index in [9.17, 15) is 9.59 Å². The van der Waals surface area contributed by atoms with E-state index in [4.69, 9.17) is 5.11 Å². The van der Waals surface area contributed by atoms with Crippen molar-refractivity contribution in [1.82, 2.24) is 15.3 Å². The number of amides is 1. The minimum Gasteiger partial charge on any atom is -0.480 e. The topological polar surface area (TPSA) is 95.1 Å². The molecule has 1 amide bonds. The molecule has 0 aliphatic heterocycles. The predicted octanol–water partition coefficient (Wildman–Crippen LogP) is 1.50. The Kier molecular flexibility index (Phi) is 4.62. The smallest absolute Gasteiger partial charge is 0.326 e. The van der Waals surface area contributed by atoms with Crippen LogP contribution in [0.1, 0.15) is 16.8 Å². The molecule has 7 heteroatoms. The quantitative estimate of drug-likeness (QED) is 0.750. The normalized spacial score (nSPS) is 12.2. The fourth-order valence-electron chi connectivity index (χ4n) is 1.81. The number of hydrogen-bond donors (Lipinski definition) is 3. The molecule has 1 atom stereocenters. The van der Waals surface area contributed by atoms with E-state index in [2.05, 4.69) is 15.3 Å². The number of rotatable bonds is 6. The third kappa shape index (κ3) is 3.30. The Bertz CT molecular complexity index is 626. The first kappa shape index (κ1) is 14.4. The molecule has 20 heavy (non-hydrogen) atoms. The summed E-state index contributed by atoms with van der Waals surface area (Å²) in [6.45, 7) is 0. The summed E-state index contributed by atoms with van der Waals surface area (Å²) in [7, 11) is 0. The van der Waals surface area contributed by atoms with Gasteiger partial charge in [-0.05, 0) is 36.6 Å². The van der Waals surface area contributed by atoms with Gasteiger partial charge in [0.05, 0.1) is 17.4 Å². The third-order valence-corrected chi connectivity index (χ3v) is 3.54. The Morgan fingerprint density at radius 2 is 2.30 bits per heavy atom. The Morgan fingerprint density at radius 3 is 3.00 bits per heavy atom. The van der Waals surface area contributed by atoms with Crippen molar-refractivity contribution in [1.29, 1.82) is 0 Å².